The molecule has 2 rings (SSSR count). The molecule has 1 heterocycles. The largest absolute Gasteiger partial charge is 0.493 e. The molecule has 6 heteroatoms. The number of benzene rings is 1. The van der Waals surface area contributed by atoms with E-state index in [9.17, 15) is 0 Å². The second-order valence-corrected chi connectivity index (χ2v) is 5.24. The molecule has 0 N–H and O–H groups in total. The van der Waals surface area contributed by atoms with Crippen molar-refractivity contribution in [2.45, 2.75) is 20.0 Å². The smallest absolute Gasteiger partial charge is 0.162 e. The summed E-state index contributed by atoms with van der Waals surface area (Å²) in [4.78, 5) is 0. The third kappa shape index (κ3) is 3.19. The molecule has 0 amide bonds. The van der Waals surface area contributed by atoms with E-state index in [1.807, 2.05) is 7.05 Å². The highest BCUT2D eigenvalue weighted by Gasteiger charge is 2.14. The predicted molar refractivity (Wildman–Crippen MR) is 82.3 cm³/mol. The molecule has 0 aliphatic carbocycles. The molecule has 110 valence electrons. The highest BCUT2D eigenvalue weighted by atomic mass is 79.9. The Kier molecular flexibility index (Phi) is 4.86. The van der Waals surface area contributed by atoms with E-state index in [1.54, 1.807) is 30.0 Å². The van der Waals surface area contributed by atoms with Crippen molar-refractivity contribution in [3.63, 3.8) is 0 Å². The van der Waals surface area contributed by atoms with Crippen molar-refractivity contribution in [1.82, 2.24) is 9.78 Å². The molecule has 1 aromatic heterocycles. The lowest BCUT2D eigenvalue weighted by Crippen LogP contribution is -2.04. The van der Waals surface area contributed by atoms with Crippen molar-refractivity contribution in [2.24, 2.45) is 7.05 Å². The van der Waals surface area contributed by atoms with E-state index in [0.717, 1.165) is 22.3 Å². The number of aryl methyl sites for hydroxylation is 2. The minimum atomic E-state index is 0.367. The van der Waals surface area contributed by atoms with Gasteiger partial charge in [0, 0.05) is 13.1 Å². The van der Waals surface area contributed by atoms with Crippen LogP contribution in [-0.2, 0) is 20.1 Å². The number of halogens is 1. The van der Waals surface area contributed by atoms with Crippen LogP contribution in [0.15, 0.2) is 22.7 Å². The second kappa shape index (κ2) is 6.64. The highest BCUT2D eigenvalue weighted by Crippen LogP contribution is 2.30. The van der Waals surface area contributed by atoms with Gasteiger partial charge < -0.3 is 9.47 Å². The third-order valence-electron chi connectivity index (χ3n) is 3.16. The molecule has 0 fully saturated rings. The lowest BCUT2D eigenvalue weighted by molar-refractivity contribution is 0.275. The monoisotopic (exact) mass is 349 g/mol. The first-order chi connectivity index (χ1) is 10.1. The Morgan fingerprint density at radius 3 is 2.71 bits per heavy atom. The summed E-state index contributed by atoms with van der Waals surface area (Å²) in [5.41, 5.74) is 2.50. The van der Waals surface area contributed by atoms with Gasteiger partial charge in [-0.3, -0.25) is 4.68 Å². The van der Waals surface area contributed by atoms with Crippen LogP contribution < -0.4 is 9.47 Å². The zero-order valence-electron chi connectivity index (χ0n) is 12.2. The van der Waals surface area contributed by atoms with Crippen LogP contribution >= 0.6 is 15.9 Å². The quantitative estimate of drug-likeness (QED) is 0.831. The zero-order chi connectivity index (χ0) is 15.4. The molecule has 0 unspecified atom stereocenters. The second-order valence-electron chi connectivity index (χ2n) is 4.45. The zero-order valence-corrected chi connectivity index (χ0v) is 13.8. The first-order valence-corrected chi connectivity index (χ1v) is 7.31. The van der Waals surface area contributed by atoms with Gasteiger partial charge in [-0.15, -0.1) is 0 Å². The van der Waals surface area contributed by atoms with Crippen LogP contribution in [-0.4, -0.2) is 16.9 Å². The van der Waals surface area contributed by atoms with E-state index in [-0.39, 0.29) is 0 Å². The molecule has 0 spiro atoms. The molecule has 0 saturated heterocycles. The van der Waals surface area contributed by atoms with Crippen molar-refractivity contribution in [1.29, 1.82) is 5.26 Å². The van der Waals surface area contributed by atoms with Gasteiger partial charge in [0.1, 0.15) is 6.61 Å². The summed E-state index contributed by atoms with van der Waals surface area (Å²) in [6.45, 7) is 2.42. The Morgan fingerprint density at radius 1 is 1.38 bits per heavy atom. The SMILES string of the molecule is CCc1nn(C)c(COc2ccc(C#N)cc2OC)c1Br. The number of rotatable bonds is 5. The van der Waals surface area contributed by atoms with Crippen LogP contribution in [0.2, 0.25) is 0 Å². The molecule has 0 bridgehead atoms. The molecule has 5 nitrogen and oxygen atoms in total. The molecule has 1 aromatic carbocycles. The summed E-state index contributed by atoms with van der Waals surface area (Å²) in [6, 6.07) is 7.17. The fraction of sp³-hybridized carbons (Fsp3) is 0.333. The molecule has 21 heavy (non-hydrogen) atoms. The minimum Gasteiger partial charge on any atom is -0.493 e. The fourth-order valence-electron chi connectivity index (χ4n) is 1.98. The van der Waals surface area contributed by atoms with Gasteiger partial charge in [0.25, 0.3) is 0 Å². The average Bonchev–Trinajstić information content (AvgIpc) is 2.79. The average molecular weight is 350 g/mol. The number of hydrogen-bond donors (Lipinski definition) is 0. The van der Waals surface area contributed by atoms with Crippen molar-refractivity contribution >= 4 is 15.9 Å². The van der Waals surface area contributed by atoms with Crippen LogP contribution in [0.4, 0.5) is 0 Å². The van der Waals surface area contributed by atoms with E-state index >= 15 is 0 Å². The Balaban J connectivity index is 2.21. The molecule has 0 atom stereocenters. The molecule has 0 aliphatic rings. The van der Waals surface area contributed by atoms with Gasteiger partial charge in [-0.1, -0.05) is 6.92 Å². The van der Waals surface area contributed by atoms with E-state index in [1.165, 1.54) is 0 Å². The van der Waals surface area contributed by atoms with Crippen LogP contribution in [0.5, 0.6) is 11.5 Å². The summed E-state index contributed by atoms with van der Waals surface area (Å²) >= 11 is 3.56. The van der Waals surface area contributed by atoms with Crippen molar-refractivity contribution in [2.75, 3.05) is 7.11 Å². The summed E-state index contributed by atoms with van der Waals surface area (Å²) in [5, 5.41) is 13.3. The summed E-state index contributed by atoms with van der Waals surface area (Å²) in [5.74, 6) is 1.14. The van der Waals surface area contributed by atoms with E-state index in [2.05, 4.69) is 34.0 Å². The standard InChI is InChI=1S/C15H16BrN3O2/c1-4-11-15(16)12(19(2)18-11)9-21-13-6-5-10(8-17)7-14(13)20-3/h5-7H,4,9H2,1-3H3. The lowest BCUT2D eigenvalue weighted by atomic mass is 10.2. The maximum atomic E-state index is 8.89. The minimum absolute atomic E-state index is 0.367. The van der Waals surface area contributed by atoms with E-state index in [0.29, 0.717) is 23.7 Å². The fourth-order valence-corrected chi connectivity index (χ4v) is 2.71. The third-order valence-corrected chi connectivity index (χ3v) is 4.08. The normalized spacial score (nSPS) is 10.2. The van der Waals surface area contributed by atoms with Gasteiger partial charge in [-0.2, -0.15) is 10.4 Å². The molecule has 0 radical (unpaired) electrons. The van der Waals surface area contributed by atoms with E-state index in [4.69, 9.17) is 14.7 Å². The number of ether oxygens (including phenoxy) is 2. The Morgan fingerprint density at radius 2 is 2.14 bits per heavy atom. The van der Waals surface area contributed by atoms with Crippen molar-refractivity contribution in [3.8, 4) is 17.6 Å². The van der Waals surface area contributed by atoms with Gasteiger partial charge in [0.15, 0.2) is 11.5 Å². The number of methoxy groups -OCH3 is 1. The Hall–Kier alpha value is -2.00. The highest BCUT2D eigenvalue weighted by molar-refractivity contribution is 9.10. The Bertz CT molecular complexity index is 689. The van der Waals surface area contributed by atoms with Crippen LogP contribution in [0.1, 0.15) is 23.9 Å². The lowest BCUT2D eigenvalue weighted by Gasteiger charge is -2.11. The van der Waals surface area contributed by atoms with Crippen molar-refractivity contribution < 1.29 is 9.47 Å². The maximum absolute atomic E-state index is 8.89. The molecule has 2 aromatic rings. The van der Waals surface area contributed by atoms with E-state index < -0.39 is 0 Å². The van der Waals surface area contributed by atoms with Crippen LogP contribution in [0.3, 0.4) is 0 Å². The summed E-state index contributed by atoms with van der Waals surface area (Å²) < 4.78 is 13.8. The first-order valence-electron chi connectivity index (χ1n) is 6.51. The molecule has 0 saturated carbocycles. The number of aromatic nitrogens is 2. The number of hydrogen-bond acceptors (Lipinski definition) is 4. The molecular weight excluding hydrogens is 334 g/mol. The number of nitriles is 1. The van der Waals surface area contributed by atoms with Gasteiger partial charge >= 0.3 is 0 Å². The van der Waals surface area contributed by atoms with Gasteiger partial charge in [0.05, 0.1) is 34.6 Å². The Labute approximate surface area is 132 Å². The maximum Gasteiger partial charge on any atom is 0.162 e. The van der Waals surface area contributed by atoms with Crippen LogP contribution in [0, 0.1) is 11.3 Å². The topological polar surface area (TPSA) is 60.1 Å². The summed E-state index contributed by atoms with van der Waals surface area (Å²) in [6.07, 6.45) is 0.856. The number of nitrogens with zero attached hydrogens (tertiary/aromatic N) is 3. The molecular formula is C15H16BrN3O2. The van der Waals surface area contributed by atoms with Crippen molar-refractivity contribution in [3.05, 3.63) is 39.6 Å². The first kappa shape index (κ1) is 15.4. The van der Waals surface area contributed by atoms with Gasteiger partial charge in [0.2, 0.25) is 0 Å². The van der Waals surface area contributed by atoms with Crippen LogP contribution in [0.25, 0.3) is 0 Å². The molecule has 0 aliphatic heterocycles. The van der Waals surface area contributed by atoms with Gasteiger partial charge in [-0.05, 0) is 34.5 Å². The summed E-state index contributed by atoms with van der Waals surface area (Å²) in [7, 11) is 3.44. The predicted octanol–water partition coefficient (Wildman–Crippen LogP) is 3.20. The van der Waals surface area contributed by atoms with Gasteiger partial charge in [-0.25, -0.2) is 0 Å².